The van der Waals surface area contributed by atoms with E-state index >= 15 is 0 Å². The lowest BCUT2D eigenvalue weighted by Crippen LogP contribution is -1.99. The predicted molar refractivity (Wildman–Crippen MR) is 39.7 cm³/mol. The molecule has 0 rings (SSSR count). The van der Waals surface area contributed by atoms with E-state index in [0.717, 1.165) is 16.3 Å². The van der Waals surface area contributed by atoms with Crippen molar-refractivity contribution in [3.63, 3.8) is 0 Å². The van der Waals surface area contributed by atoms with Gasteiger partial charge < -0.3 is 0 Å². The van der Waals surface area contributed by atoms with E-state index in [4.69, 9.17) is 34.8 Å². The maximum absolute atomic E-state index is 5.39. The minimum absolute atomic E-state index is 0.698. The fourth-order valence-corrected chi connectivity index (χ4v) is 2.55. The van der Waals surface area contributed by atoms with E-state index in [1.54, 1.807) is 0 Å². The van der Waals surface area contributed by atoms with Crippen LogP contribution in [0.15, 0.2) is 0 Å². The summed E-state index contributed by atoms with van der Waals surface area (Å²) in [6, 6.07) is 1.05. The van der Waals surface area contributed by atoms with E-state index in [1.165, 1.54) is 0 Å². The third-order valence-corrected chi connectivity index (χ3v) is 1.60. The monoisotopic (exact) mass is 176 g/mol. The first kappa shape index (κ1) is 8.09. The van der Waals surface area contributed by atoms with Crippen molar-refractivity contribution in [1.29, 1.82) is 0 Å². The Morgan fingerprint density at radius 1 is 1.29 bits per heavy atom. The van der Waals surface area contributed by atoms with Gasteiger partial charge in [-0.05, 0) is 6.42 Å². The molecule has 0 aromatic carbocycles. The second-order valence-electron chi connectivity index (χ2n) is 1.37. The molecule has 7 heavy (non-hydrogen) atoms. The first-order valence-corrected chi connectivity index (χ1v) is 4.68. The van der Waals surface area contributed by atoms with Gasteiger partial charge in [0.15, 0.2) is 3.79 Å². The molecule has 0 heterocycles. The zero-order chi connectivity index (χ0) is 5.91. The van der Waals surface area contributed by atoms with Crippen LogP contribution in [-0.2, 0) is 0 Å². The van der Waals surface area contributed by atoms with Crippen molar-refractivity contribution in [1.82, 2.24) is 0 Å². The Hall–Kier alpha value is 1.09. The van der Waals surface area contributed by atoms with E-state index < -0.39 is 3.79 Å². The van der Waals surface area contributed by atoms with Crippen molar-refractivity contribution in [2.45, 2.75) is 16.3 Å². The van der Waals surface area contributed by atoms with Crippen molar-refractivity contribution < 1.29 is 0 Å². The van der Waals surface area contributed by atoms with Gasteiger partial charge >= 0.3 is 0 Å². The van der Waals surface area contributed by atoms with Crippen molar-refractivity contribution in [2.24, 2.45) is 0 Å². The molecule has 0 fully saturated rings. The van der Waals surface area contributed by atoms with Crippen LogP contribution in [0.25, 0.3) is 0 Å². The van der Waals surface area contributed by atoms with Crippen LogP contribution >= 0.6 is 34.8 Å². The van der Waals surface area contributed by atoms with Gasteiger partial charge in [0.2, 0.25) is 0 Å². The highest BCUT2D eigenvalue weighted by molar-refractivity contribution is 6.67. The molecule has 0 unspecified atom stereocenters. The normalized spacial score (nSPS) is 12.4. The summed E-state index contributed by atoms with van der Waals surface area (Å²) < 4.78 is -0.998. The van der Waals surface area contributed by atoms with Crippen LogP contribution < -0.4 is 0 Å². The van der Waals surface area contributed by atoms with Crippen molar-refractivity contribution in [2.75, 3.05) is 0 Å². The SMILES string of the molecule is [SiH3]CCC(Cl)(Cl)Cl. The molecule has 0 aliphatic rings. The summed E-state index contributed by atoms with van der Waals surface area (Å²) in [5.41, 5.74) is 0. The summed E-state index contributed by atoms with van der Waals surface area (Å²) in [6.45, 7) is 0. The quantitative estimate of drug-likeness (QED) is 0.421. The predicted octanol–water partition coefficient (Wildman–Crippen LogP) is 1.53. The first-order valence-electron chi connectivity index (χ1n) is 2.13. The van der Waals surface area contributed by atoms with E-state index in [2.05, 4.69) is 0 Å². The molecular weight excluding hydrogens is 170 g/mol. The van der Waals surface area contributed by atoms with Crippen LogP contribution in [0, 0.1) is 0 Å². The fourth-order valence-electron chi connectivity index (χ4n) is 0.283. The van der Waals surface area contributed by atoms with E-state index in [9.17, 15) is 0 Å². The molecule has 0 spiro atoms. The minimum Gasteiger partial charge on any atom is -0.0837 e. The van der Waals surface area contributed by atoms with Gasteiger partial charge in [-0.15, -0.1) is 0 Å². The minimum atomic E-state index is -0.998. The maximum atomic E-state index is 5.39. The smallest absolute Gasteiger partial charge is 0.0837 e. The zero-order valence-electron chi connectivity index (χ0n) is 4.05. The van der Waals surface area contributed by atoms with Crippen LogP contribution in [0.2, 0.25) is 6.04 Å². The molecule has 0 aliphatic heterocycles. The lowest BCUT2D eigenvalue weighted by Gasteiger charge is -2.05. The third-order valence-electron chi connectivity index (χ3n) is 0.533. The Morgan fingerprint density at radius 3 is 1.71 bits per heavy atom. The standard InChI is InChI=1S/C3H7Cl3Si/c4-3(5,6)1-2-7/h1-2H2,7H3. The van der Waals surface area contributed by atoms with Gasteiger partial charge in [-0.2, -0.15) is 0 Å². The topological polar surface area (TPSA) is 0 Å². The molecule has 0 saturated heterocycles. The molecule has 0 bridgehead atoms. The van der Waals surface area contributed by atoms with Crippen molar-refractivity contribution >= 4 is 45.0 Å². The van der Waals surface area contributed by atoms with Crippen LogP contribution in [-0.4, -0.2) is 14.0 Å². The van der Waals surface area contributed by atoms with Gasteiger partial charge in [-0.3, -0.25) is 0 Å². The van der Waals surface area contributed by atoms with Gasteiger partial charge in [0.05, 0.1) is 0 Å². The molecule has 0 saturated carbocycles. The Kier molecular flexibility index (Phi) is 3.67. The van der Waals surface area contributed by atoms with Crippen molar-refractivity contribution in [3.05, 3.63) is 0 Å². The lowest BCUT2D eigenvalue weighted by atomic mass is 10.6. The van der Waals surface area contributed by atoms with Crippen LogP contribution in [0.5, 0.6) is 0 Å². The van der Waals surface area contributed by atoms with Gasteiger partial charge in [0, 0.05) is 10.2 Å². The summed E-state index contributed by atoms with van der Waals surface area (Å²) in [4.78, 5) is 0. The molecular formula is C3H7Cl3Si. The van der Waals surface area contributed by atoms with Gasteiger partial charge in [-0.1, -0.05) is 40.8 Å². The molecule has 44 valence electrons. The lowest BCUT2D eigenvalue weighted by molar-refractivity contribution is 0.971. The molecule has 0 atom stereocenters. The number of alkyl halides is 3. The molecule has 0 aromatic heterocycles. The molecule has 0 nitrogen and oxygen atoms in total. The Balaban J connectivity index is 3.15. The van der Waals surface area contributed by atoms with Crippen molar-refractivity contribution in [3.8, 4) is 0 Å². The van der Waals surface area contributed by atoms with Crippen LogP contribution in [0.4, 0.5) is 0 Å². The second-order valence-corrected chi connectivity index (χ2v) is 4.88. The third kappa shape index (κ3) is 7.09. The molecule has 4 heteroatoms. The number of hydrogen-bond acceptors (Lipinski definition) is 0. The highest BCUT2D eigenvalue weighted by Gasteiger charge is 2.16. The van der Waals surface area contributed by atoms with E-state index in [-0.39, 0.29) is 0 Å². The largest absolute Gasteiger partial charge is 0.190 e. The maximum Gasteiger partial charge on any atom is 0.190 e. The molecule has 0 amide bonds. The zero-order valence-corrected chi connectivity index (χ0v) is 8.32. The Bertz CT molecular complexity index is 48.6. The fraction of sp³-hybridized carbons (Fsp3) is 1.00. The van der Waals surface area contributed by atoms with E-state index in [0.29, 0.717) is 6.42 Å². The summed E-state index contributed by atoms with van der Waals surface area (Å²) in [6.07, 6.45) is 0.698. The number of rotatable bonds is 1. The van der Waals surface area contributed by atoms with Crippen LogP contribution in [0.1, 0.15) is 6.42 Å². The first-order chi connectivity index (χ1) is 3.06. The highest BCUT2D eigenvalue weighted by atomic mass is 35.6. The van der Waals surface area contributed by atoms with E-state index in [1.807, 2.05) is 0 Å². The average Bonchev–Trinajstić information content (AvgIpc) is 1.30. The Morgan fingerprint density at radius 2 is 1.71 bits per heavy atom. The van der Waals surface area contributed by atoms with Gasteiger partial charge in [0.25, 0.3) is 0 Å². The molecule has 0 aliphatic carbocycles. The molecule has 0 N–H and O–H groups in total. The summed E-state index contributed by atoms with van der Waals surface area (Å²) in [7, 11) is 1.12. The van der Waals surface area contributed by atoms with Gasteiger partial charge in [-0.25, -0.2) is 0 Å². The second kappa shape index (κ2) is 3.18. The molecule has 0 radical (unpaired) electrons. The number of hydrogen-bond donors (Lipinski definition) is 0. The highest BCUT2D eigenvalue weighted by Crippen LogP contribution is 2.30. The molecule has 0 aromatic rings. The van der Waals surface area contributed by atoms with Crippen LogP contribution in [0.3, 0.4) is 0 Å². The summed E-state index contributed by atoms with van der Waals surface area (Å²) in [5.74, 6) is 0. The summed E-state index contributed by atoms with van der Waals surface area (Å²) >= 11 is 16.2. The summed E-state index contributed by atoms with van der Waals surface area (Å²) in [5, 5.41) is 0. The number of halogens is 3. The van der Waals surface area contributed by atoms with Gasteiger partial charge in [0.1, 0.15) is 0 Å². The average molecular weight is 178 g/mol. The Labute approximate surface area is 61.5 Å².